The van der Waals surface area contributed by atoms with E-state index in [0.29, 0.717) is 5.41 Å². The van der Waals surface area contributed by atoms with Gasteiger partial charge in [0.05, 0.1) is 0 Å². The van der Waals surface area contributed by atoms with Crippen LogP contribution in [0.1, 0.15) is 40.5 Å². The Labute approximate surface area is 69.8 Å². The largest absolute Gasteiger partial charge is 0.162 e. The van der Waals surface area contributed by atoms with Crippen LogP contribution < -0.4 is 0 Å². The maximum absolute atomic E-state index is 2.35. The van der Waals surface area contributed by atoms with Gasteiger partial charge in [-0.25, -0.2) is 0 Å². The molecule has 0 heterocycles. The second kappa shape index (κ2) is 5.06. The predicted molar refractivity (Wildman–Crippen MR) is 51.7 cm³/mol. The summed E-state index contributed by atoms with van der Waals surface area (Å²) in [5.74, 6) is 2.59. The molecule has 0 rings (SSSR count). The van der Waals surface area contributed by atoms with Crippen LogP contribution in [0.5, 0.6) is 0 Å². The minimum atomic E-state index is 0.572. The minimum Gasteiger partial charge on any atom is -0.162 e. The third-order valence-electron chi connectivity index (χ3n) is 2.08. The molecule has 0 fully saturated rings. The van der Waals surface area contributed by atoms with Crippen molar-refractivity contribution < 1.29 is 0 Å². The summed E-state index contributed by atoms with van der Waals surface area (Å²) in [4.78, 5) is 0. The van der Waals surface area contributed by atoms with Gasteiger partial charge in [0.25, 0.3) is 0 Å². The lowest BCUT2D eigenvalue weighted by Gasteiger charge is -2.21. The Balaban J connectivity index is 3.28. The smallest absolute Gasteiger partial charge is 0.00626 e. The average molecular weight is 160 g/mol. The van der Waals surface area contributed by atoms with Crippen molar-refractivity contribution in [1.29, 1.82) is 0 Å². The molecule has 0 atom stereocenters. The van der Waals surface area contributed by atoms with Crippen LogP contribution in [0, 0.1) is 5.41 Å². The zero-order chi connectivity index (χ0) is 8.04. The molecule has 0 aliphatic heterocycles. The van der Waals surface area contributed by atoms with Gasteiger partial charge in [-0.2, -0.15) is 11.8 Å². The van der Waals surface area contributed by atoms with Gasteiger partial charge < -0.3 is 0 Å². The van der Waals surface area contributed by atoms with E-state index in [-0.39, 0.29) is 0 Å². The lowest BCUT2D eigenvalue weighted by atomic mass is 9.87. The molecule has 0 amide bonds. The minimum absolute atomic E-state index is 0.572. The zero-order valence-electron chi connectivity index (χ0n) is 7.74. The van der Waals surface area contributed by atoms with Crippen molar-refractivity contribution in [2.45, 2.75) is 40.5 Å². The van der Waals surface area contributed by atoms with Crippen LogP contribution in [-0.4, -0.2) is 11.5 Å². The summed E-state index contributed by atoms with van der Waals surface area (Å²) in [5.41, 5.74) is 0.572. The third-order valence-corrected chi connectivity index (χ3v) is 2.99. The molecule has 0 aromatic heterocycles. The molecule has 0 N–H and O–H groups in total. The molecule has 0 saturated heterocycles. The molecule has 0 aliphatic rings. The van der Waals surface area contributed by atoms with Gasteiger partial charge in [-0.05, 0) is 23.3 Å². The highest BCUT2D eigenvalue weighted by Gasteiger charge is 2.13. The van der Waals surface area contributed by atoms with Crippen molar-refractivity contribution in [3.8, 4) is 0 Å². The summed E-state index contributed by atoms with van der Waals surface area (Å²) in [7, 11) is 0. The highest BCUT2D eigenvalue weighted by Crippen LogP contribution is 2.25. The van der Waals surface area contributed by atoms with Gasteiger partial charge in [0.15, 0.2) is 0 Å². The highest BCUT2D eigenvalue weighted by atomic mass is 32.2. The van der Waals surface area contributed by atoms with Crippen LogP contribution in [0.2, 0.25) is 0 Å². The number of rotatable bonds is 5. The molecular formula is C9H20S. The van der Waals surface area contributed by atoms with Crippen molar-refractivity contribution in [3.63, 3.8) is 0 Å². The van der Waals surface area contributed by atoms with Crippen LogP contribution >= 0.6 is 11.8 Å². The Morgan fingerprint density at radius 2 is 1.80 bits per heavy atom. The molecule has 0 aliphatic carbocycles. The Hall–Kier alpha value is 0.350. The van der Waals surface area contributed by atoms with E-state index in [1.54, 1.807) is 0 Å². The first kappa shape index (κ1) is 10.3. The molecule has 0 nitrogen and oxygen atoms in total. The van der Waals surface area contributed by atoms with Crippen LogP contribution in [0.25, 0.3) is 0 Å². The average Bonchev–Trinajstić information content (AvgIpc) is 1.89. The van der Waals surface area contributed by atoms with E-state index in [0.717, 1.165) is 0 Å². The molecule has 62 valence electrons. The second-order valence-corrected chi connectivity index (χ2v) is 4.86. The maximum atomic E-state index is 2.35. The molecule has 0 saturated carbocycles. The monoisotopic (exact) mass is 160 g/mol. The maximum Gasteiger partial charge on any atom is -0.00626 e. The fourth-order valence-corrected chi connectivity index (χ4v) is 1.66. The van der Waals surface area contributed by atoms with E-state index in [9.17, 15) is 0 Å². The molecule has 1 heteroatoms. The Kier molecular flexibility index (Phi) is 5.24. The van der Waals surface area contributed by atoms with Crippen molar-refractivity contribution in [1.82, 2.24) is 0 Å². The molecule has 0 radical (unpaired) electrons. The van der Waals surface area contributed by atoms with Crippen molar-refractivity contribution >= 4 is 11.8 Å². The molecule has 0 bridgehead atoms. The summed E-state index contributed by atoms with van der Waals surface area (Å²) in [6, 6.07) is 0. The Morgan fingerprint density at radius 3 is 2.20 bits per heavy atom. The van der Waals surface area contributed by atoms with Crippen LogP contribution in [0.15, 0.2) is 0 Å². The summed E-state index contributed by atoms with van der Waals surface area (Å²) in [6.07, 6.45) is 2.67. The topological polar surface area (TPSA) is 0 Å². The molecule has 0 unspecified atom stereocenters. The van der Waals surface area contributed by atoms with Gasteiger partial charge in [-0.15, -0.1) is 0 Å². The Bertz CT molecular complexity index is 76.8. The van der Waals surface area contributed by atoms with Crippen LogP contribution in [0.4, 0.5) is 0 Å². The van der Waals surface area contributed by atoms with Crippen LogP contribution in [0.3, 0.4) is 0 Å². The van der Waals surface area contributed by atoms with Gasteiger partial charge in [0.2, 0.25) is 0 Å². The lowest BCUT2D eigenvalue weighted by molar-refractivity contribution is 0.341. The van der Waals surface area contributed by atoms with Gasteiger partial charge in [-0.1, -0.05) is 34.1 Å². The van der Waals surface area contributed by atoms with E-state index in [1.165, 1.54) is 24.3 Å². The van der Waals surface area contributed by atoms with E-state index < -0.39 is 0 Å². The quantitative estimate of drug-likeness (QED) is 0.554. The molecule has 0 aromatic carbocycles. The van der Waals surface area contributed by atoms with Crippen molar-refractivity contribution in [3.05, 3.63) is 0 Å². The van der Waals surface area contributed by atoms with E-state index >= 15 is 0 Å². The predicted octanol–water partition coefficient (Wildman–Crippen LogP) is 3.57. The molecular weight excluding hydrogens is 140 g/mol. The van der Waals surface area contributed by atoms with Crippen molar-refractivity contribution in [2.24, 2.45) is 5.41 Å². The normalized spacial score (nSPS) is 12.0. The van der Waals surface area contributed by atoms with Gasteiger partial charge in [0.1, 0.15) is 0 Å². The van der Waals surface area contributed by atoms with E-state index in [4.69, 9.17) is 0 Å². The summed E-state index contributed by atoms with van der Waals surface area (Å²) in [5, 5.41) is 0. The standard InChI is InChI=1S/C9H20S/c1-5-9(3,4)7-8-10-6-2/h5-8H2,1-4H3. The summed E-state index contributed by atoms with van der Waals surface area (Å²) < 4.78 is 0. The zero-order valence-corrected chi connectivity index (χ0v) is 8.55. The van der Waals surface area contributed by atoms with E-state index in [1.807, 2.05) is 0 Å². The summed E-state index contributed by atoms with van der Waals surface area (Å²) >= 11 is 2.05. The number of hydrogen-bond donors (Lipinski definition) is 0. The highest BCUT2D eigenvalue weighted by molar-refractivity contribution is 7.99. The van der Waals surface area contributed by atoms with Crippen molar-refractivity contribution in [2.75, 3.05) is 11.5 Å². The van der Waals surface area contributed by atoms with Crippen LogP contribution in [-0.2, 0) is 0 Å². The first-order valence-corrected chi connectivity index (χ1v) is 5.35. The molecule has 10 heavy (non-hydrogen) atoms. The number of hydrogen-bond acceptors (Lipinski definition) is 1. The van der Waals surface area contributed by atoms with Gasteiger partial charge in [0, 0.05) is 0 Å². The number of thioether (sulfide) groups is 1. The fraction of sp³-hybridized carbons (Fsp3) is 1.00. The SMILES string of the molecule is CCSCCC(C)(C)CC. The Morgan fingerprint density at radius 1 is 1.20 bits per heavy atom. The first-order chi connectivity index (χ1) is 4.62. The van der Waals surface area contributed by atoms with Gasteiger partial charge in [-0.3, -0.25) is 0 Å². The lowest BCUT2D eigenvalue weighted by Crippen LogP contribution is -2.10. The third kappa shape index (κ3) is 5.16. The van der Waals surface area contributed by atoms with E-state index in [2.05, 4.69) is 39.5 Å². The molecule has 0 spiro atoms. The van der Waals surface area contributed by atoms with Gasteiger partial charge >= 0.3 is 0 Å². The second-order valence-electron chi connectivity index (χ2n) is 3.46. The molecule has 0 aromatic rings. The fourth-order valence-electron chi connectivity index (χ4n) is 0.670. The summed E-state index contributed by atoms with van der Waals surface area (Å²) in [6.45, 7) is 9.20. The first-order valence-electron chi connectivity index (χ1n) is 4.20.